The Morgan fingerprint density at radius 2 is 2.00 bits per heavy atom. The maximum atomic E-state index is 11.9. The molecule has 1 aliphatic heterocycles. The van der Waals surface area contributed by atoms with Gasteiger partial charge in [-0.3, -0.25) is 14.9 Å². The van der Waals surface area contributed by atoms with Crippen molar-refractivity contribution in [3.63, 3.8) is 0 Å². The van der Waals surface area contributed by atoms with Gasteiger partial charge in [-0.25, -0.2) is 9.79 Å². The molecule has 0 N–H and O–H groups in total. The van der Waals surface area contributed by atoms with E-state index in [4.69, 9.17) is 16.3 Å². The lowest BCUT2D eigenvalue weighted by Crippen LogP contribution is -2.35. The van der Waals surface area contributed by atoms with Crippen LogP contribution in [0.15, 0.2) is 41.1 Å². The molecule has 1 amide bonds. The summed E-state index contributed by atoms with van der Waals surface area (Å²) in [4.78, 5) is 37.0. The number of amides is 1. The van der Waals surface area contributed by atoms with Gasteiger partial charge in [-0.2, -0.15) is 0 Å². The van der Waals surface area contributed by atoms with Crippen molar-refractivity contribution in [1.82, 2.24) is 0 Å². The Balaban J connectivity index is 2.25. The van der Waals surface area contributed by atoms with E-state index in [-0.39, 0.29) is 17.0 Å². The Kier molecular flexibility index (Phi) is 4.13. The van der Waals surface area contributed by atoms with Gasteiger partial charge in [0.05, 0.1) is 5.56 Å². The Hall–Kier alpha value is -2.54. The summed E-state index contributed by atoms with van der Waals surface area (Å²) in [6.07, 6.45) is 1.20. The number of benzene rings is 1. The number of hydrogen-bond acceptors (Lipinski definition) is 5. The molecule has 1 unspecified atom stereocenters. The summed E-state index contributed by atoms with van der Waals surface area (Å²) >= 11 is 5.70. The van der Waals surface area contributed by atoms with Crippen LogP contribution in [0.1, 0.15) is 17.3 Å². The number of allylic oxidation sites excluding steroid dienone is 1. The van der Waals surface area contributed by atoms with Gasteiger partial charge >= 0.3 is 17.9 Å². The molecule has 0 aliphatic carbocycles. The van der Waals surface area contributed by atoms with Crippen LogP contribution in [0.3, 0.4) is 0 Å². The Labute approximate surface area is 124 Å². The second kappa shape index (κ2) is 5.84. The van der Waals surface area contributed by atoms with Crippen molar-refractivity contribution in [3.8, 4) is 0 Å². The van der Waals surface area contributed by atoms with Crippen LogP contribution in [0.4, 0.5) is 0 Å². The topological polar surface area (TPSA) is 98.9 Å². The van der Waals surface area contributed by atoms with Crippen LogP contribution in [-0.2, 0) is 9.53 Å². The first-order chi connectivity index (χ1) is 9.88. The van der Waals surface area contributed by atoms with Crippen LogP contribution in [0.25, 0.3) is 0 Å². The fraction of sp³-hybridized carbons (Fsp3) is 0.154. The first-order valence-corrected chi connectivity index (χ1v) is 6.18. The third-order valence-corrected chi connectivity index (χ3v) is 2.89. The molecule has 2 rings (SSSR count). The number of ether oxygens (including phenoxy) is 1. The second-order valence-corrected chi connectivity index (χ2v) is 4.66. The van der Waals surface area contributed by atoms with Crippen molar-refractivity contribution in [3.05, 3.63) is 56.8 Å². The number of aliphatic imine (C=N–C) groups is 1. The van der Waals surface area contributed by atoms with Crippen molar-refractivity contribution >= 4 is 29.2 Å². The van der Waals surface area contributed by atoms with E-state index in [0.29, 0.717) is 5.02 Å². The van der Waals surface area contributed by atoms with Gasteiger partial charge in [0.15, 0.2) is 5.76 Å². The summed E-state index contributed by atoms with van der Waals surface area (Å²) in [5.74, 6) is -2.14. The molecule has 1 aliphatic rings. The predicted molar refractivity (Wildman–Crippen MR) is 73.8 cm³/mol. The summed E-state index contributed by atoms with van der Waals surface area (Å²) in [5, 5.41) is 11.3. The van der Waals surface area contributed by atoms with E-state index >= 15 is 0 Å². The van der Waals surface area contributed by atoms with E-state index < -0.39 is 22.8 Å². The molecule has 0 bridgehead atoms. The largest absolute Gasteiger partial charge is 0.419 e. The molecule has 0 fully saturated rings. The molecule has 1 atom stereocenters. The molecule has 0 spiro atoms. The maximum Gasteiger partial charge on any atom is 0.348 e. The van der Waals surface area contributed by atoms with Gasteiger partial charge in [0.1, 0.15) is 0 Å². The van der Waals surface area contributed by atoms with Gasteiger partial charge < -0.3 is 4.74 Å². The summed E-state index contributed by atoms with van der Waals surface area (Å²) in [7, 11) is 0. The van der Waals surface area contributed by atoms with Gasteiger partial charge in [-0.05, 0) is 31.2 Å². The molecule has 0 radical (unpaired) electrons. The SMILES string of the molecule is CC1=NC(=O)C([N+](=O)[O-])C(OC(=O)c2ccc(Cl)cc2)=C1. The van der Waals surface area contributed by atoms with Gasteiger partial charge in [-0.1, -0.05) is 11.6 Å². The lowest BCUT2D eigenvalue weighted by molar-refractivity contribution is -0.501. The highest BCUT2D eigenvalue weighted by molar-refractivity contribution is 6.30. The van der Waals surface area contributed by atoms with Crippen LogP contribution in [0, 0.1) is 10.1 Å². The number of nitro groups is 1. The molecular weight excluding hydrogens is 300 g/mol. The number of nitrogens with zero attached hydrogens (tertiary/aromatic N) is 2. The fourth-order valence-electron chi connectivity index (χ4n) is 1.71. The van der Waals surface area contributed by atoms with Gasteiger partial charge in [-0.15, -0.1) is 0 Å². The first-order valence-electron chi connectivity index (χ1n) is 5.80. The van der Waals surface area contributed by atoms with Crippen molar-refractivity contribution in [2.75, 3.05) is 0 Å². The smallest absolute Gasteiger partial charge is 0.348 e. The minimum atomic E-state index is -1.80. The number of carbonyl (C=O) groups is 2. The fourth-order valence-corrected chi connectivity index (χ4v) is 1.83. The molecule has 0 saturated carbocycles. The average molecular weight is 309 g/mol. The van der Waals surface area contributed by atoms with E-state index in [9.17, 15) is 19.7 Å². The lowest BCUT2D eigenvalue weighted by atomic mass is 10.1. The summed E-state index contributed by atoms with van der Waals surface area (Å²) < 4.78 is 4.97. The number of halogens is 1. The zero-order valence-electron chi connectivity index (χ0n) is 10.8. The highest BCUT2D eigenvalue weighted by Crippen LogP contribution is 2.18. The molecule has 21 heavy (non-hydrogen) atoms. The van der Waals surface area contributed by atoms with Crippen molar-refractivity contribution in [2.45, 2.75) is 13.0 Å². The summed E-state index contributed by atoms with van der Waals surface area (Å²) in [5.41, 5.74) is 0.395. The molecule has 0 aromatic heterocycles. The maximum absolute atomic E-state index is 11.9. The van der Waals surface area contributed by atoms with Crippen LogP contribution in [0.2, 0.25) is 5.02 Å². The highest BCUT2D eigenvalue weighted by atomic mass is 35.5. The van der Waals surface area contributed by atoms with E-state index in [1.807, 2.05) is 0 Å². The first kappa shape index (κ1) is 14.9. The third-order valence-electron chi connectivity index (χ3n) is 2.64. The third kappa shape index (κ3) is 3.32. The number of carbonyl (C=O) groups excluding carboxylic acids is 2. The molecular formula is C13H9ClN2O5. The van der Waals surface area contributed by atoms with Gasteiger partial charge in [0, 0.05) is 21.7 Å². The number of esters is 1. The van der Waals surface area contributed by atoms with Crippen molar-refractivity contribution in [2.24, 2.45) is 4.99 Å². The quantitative estimate of drug-likeness (QED) is 0.483. The Bertz CT molecular complexity index is 678. The lowest BCUT2D eigenvalue weighted by Gasteiger charge is -2.14. The van der Waals surface area contributed by atoms with Gasteiger partial charge in [0.2, 0.25) is 0 Å². The Morgan fingerprint density at radius 1 is 1.38 bits per heavy atom. The van der Waals surface area contributed by atoms with Crippen LogP contribution >= 0.6 is 11.6 Å². The molecule has 8 heteroatoms. The molecule has 0 saturated heterocycles. The number of hydrogen-bond donors (Lipinski definition) is 0. The minimum Gasteiger partial charge on any atom is -0.419 e. The minimum absolute atomic E-state index is 0.162. The van der Waals surface area contributed by atoms with E-state index in [2.05, 4.69) is 4.99 Å². The van der Waals surface area contributed by atoms with E-state index in [1.54, 1.807) is 0 Å². The number of dihydropyridines is 1. The predicted octanol–water partition coefficient (Wildman–Crippen LogP) is 2.03. The monoisotopic (exact) mass is 308 g/mol. The summed E-state index contributed by atoms with van der Waals surface area (Å²) in [6.45, 7) is 1.48. The zero-order chi connectivity index (χ0) is 15.6. The number of rotatable bonds is 3. The molecule has 1 aromatic carbocycles. The zero-order valence-corrected chi connectivity index (χ0v) is 11.5. The van der Waals surface area contributed by atoms with Crippen LogP contribution in [0.5, 0.6) is 0 Å². The summed E-state index contributed by atoms with van der Waals surface area (Å²) in [6, 6.07) is 3.99. The second-order valence-electron chi connectivity index (χ2n) is 4.22. The average Bonchev–Trinajstić information content (AvgIpc) is 2.37. The van der Waals surface area contributed by atoms with Crippen LogP contribution in [-0.4, -0.2) is 28.6 Å². The van der Waals surface area contributed by atoms with Crippen LogP contribution < -0.4 is 0 Å². The molecule has 108 valence electrons. The standard InChI is InChI=1S/C13H9ClN2O5/c1-7-6-10(11(16(19)20)12(17)15-7)21-13(18)8-2-4-9(14)5-3-8/h2-6,11H,1H3. The van der Waals surface area contributed by atoms with E-state index in [1.165, 1.54) is 37.3 Å². The van der Waals surface area contributed by atoms with Crippen molar-refractivity contribution < 1.29 is 19.2 Å². The van der Waals surface area contributed by atoms with Gasteiger partial charge in [0.25, 0.3) is 0 Å². The Morgan fingerprint density at radius 3 is 2.57 bits per heavy atom. The highest BCUT2D eigenvalue weighted by Gasteiger charge is 2.39. The van der Waals surface area contributed by atoms with E-state index in [0.717, 1.165) is 0 Å². The molecule has 1 heterocycles. The molecule has 1 aromatic rings. The molecule has 7 nitrogen and oxygen atoms in total. The van der Waals surface area contributed by atoms with Crippen molar-refractivity contribution in [1.29, 1.82) is 0 Å². The normalized spacial score (nSPS) is 17.8.